The van der Waals surface area contributed by atoms with E-state index in [2.05, 4.69) is 10.1 Å². The Balaban J connectivity index is 1.94. The number of aliphatic carboxylic acids is 1. The smallest absolute Gasteiger partial charge is 0.309 e. The van der Waals surface area contributed by atoms with Crippen LogP contribution in [0.15, 0.2) is 12.7 Å². The maximum absolute atomic E-state index is 11.1. The Morgan fingerprint density at radius 1 is 1.67 bits per heavy atom. The first-order valence-corrected chi connectivity index (χ1v) is 4.94. The Kier molecular flexibility index (Phi) is 2.44. The zero-order valence-electron chi connectivity index (χ0n) is 8.33. The Morgan fingerprint density at radius 3 is 2.87 bits per heavy atom. The number of carboxylic acids is 1. The van der Waals surface area contributed by atoms with E-state index in [0.29, 0.717) is 25.8 Å². The van der Waals surface area contributed by atoms with Crippen molar-refractivity contribution in [1.82, 2.24) is 14.8 Å². The average molecular weight is 210 g/mol. The number of aryl methyl sites for hydroxylation is 1. The standard InChI is InChI=1S/C9H14N4O2/c10-7-3-9(4-7,8(14)15)1-2-13-6-11-5-12-13/h5-7H,1-4,10H2,(H,14,15). The molecule has 3 N–H and O–H groups in total. The van der Waals surface area contributed by atoms with Gasteiger partial charge in [0.05, 0.1) is 5.41 Å². The molecule has 1 aromatic heterocycles. The lowest BCUT2D eigenvalue weighted by Crippen LogP contribution is -2.51. The number of hydrogen-bond acceptors (Lipinski definition) is 4. The van der Waals surface area contributed by atoms with Gasteiger partial charge in [0.25, 0.3) is 0 Å². The largest absolute Gasteiger partial charge is 0.481 e. The molecule has 2 rings (SSSR count). The molecule has 82 valence electrons. The van der Waals surface area contributed by atoms with Crippen LogP contribution in [0.2, 0.25) is 0 Å². The van der Waals surface area contributed by atoms with Gasteiger partial charge in [-0.1, -0.05) is 0 Å². The van der Waals surface area contributed by atoms with Gasteiger partial charge in [-0.15, -0.1) is 0 Å². The fourth-order valence-electron chi connectivity index (χ4n) is 2.11. The van der Waals surface area contributed by atoms with Gasteiger partial charge in [0.15, 0.2) is 0 Å². The molecule has 15 heavy (non-hydrogen) atoms. The summed E-state index contributed by atoms with van der Waals surface area (Å²) in [5, 5.41) is 13.1. The van der Waals surface area contributed by atoms with Crippen LogP contribution in [0.1, 0.15) is 19.3 Å². The van der Waals surface area contributed by atoms with Gasteiger partial charge in [-0.3, -0.25) is 9.48 Å². The third-order valence-electron chi connectivity index (χ3n) is 3.05. The van der Waals surface area contributed by atoms with E-state index in [4.69, 9.17) is 10.8 Å². The highest BCUT2D eigenvalue weighted by atomic mass is 16.4. The zero-order chi connectivity index (χ0) is 10.9. The second-order valence-electron chi connectivity index (χ2n) is 4.16. The maximum Gasteiger partial charge on any atom is 0.309 e. The van der Waals surface area contributed by atoms with Crippen molar-refractivity contribution in [2.45, 2.75) is 31.8 Å². The summed E-state index contributed by atoms with van der Waals surface area (Å²) in [4.78, 5) is 14.9. The van der Waals surface area contributed by atoms with Gasteiger partial charge in [0, 0.05) is 12.6 Å². The normalized spacial score (nSPS) is 29.8. The molecule has 0 unspecified atom stereocenters. The van der Waals surface area contributed by atoms with Crippen molar-refractivity contribution in [1.29, 1.82) is 0 Å². The van der Waals surface area contributed by atoms with E-state index in [1.54, 1.807) is 11.0 Å². The summed E-state index contributed by atoms with van der Waals surface area (Å²) in [6.07, 6.45) is 4.74. The lowest BCUT2D eigenvalue weighted by molar-refractivity contribution is -0.156. The van der Waals surface area contributed by atoms with Crippen LogP contribution in [0, 0.1) is 5.41 Å². The van der Waals surface area contributed by atoms with E-state index in [-0.39, 0.29) is 6.04 Å². The molecule has 0 spiro atoms. The van der Waals surface area contributed by atoms with Gasteiger partial charge < -0.3 is 10.8 Å². The number of carboxylic acid groups (broad SMARTS) is 1. The summed E-state index contributed by atoms with van der Waals surface area (Å²) in [7, 11) is 0. The maximum atomic E-state index is 11.1. The van der Waals surface area contributed by atoms with E-state index >= 15 is 0 Å². The fraction of sp³-hybridized carbons (Fsp3) is 0.667. The first kappa shape index (κ1) is 10.1. The molecule has 1 heterocycles. The van der Waals surface area contributed by atoms with E-state index < -0.39 is 11.4 Å². The van der Waals surface area contributed by atoms with Crippen LogP contribution in [-0.2, 0) is 11.3 Å². The van der Waals surface area contributed by atoms with Crippen LogP contribution < -0.4 is 5.73 Å². The number of nitrogens with two attached hydrogens (primary N) is 1. The molecular formula is C9H14N4O2. The average Bonchev–Trinajstić information content (AvgIpc) is 2.62. The monoisotopic (exact) mass is 210 g/mol. The summed E-state index contributed by atoms with van der Waals surface area (Å²) >= 11 is 0. The Morgan fingerprint density at radius 2 is 2.40 bits per heavy atom. The van der Waals surface area contributed by atoms with Crippen molar-refractivity contribution in [3.8, 4) is 0 Å². The minimum Gasteiger partial charge on any atom is -0.481 e. The van der Waals surface area contributed by atoms with Crippen LogP contribution in [0.25, 0.3) is 0 Å². The molecule has 6 nitrogen and oxygen atoms in total. The van der Waals surface area contributed by atoms with Crippen molar-refractivity contribution in [2.75, 3.05) is 0 Å². The number of hydrogen-bond donors (Lipinski definition) is 2. The van der Waals surface area contributed by atoms with Gasteiger partial charge >= 0.3 is 5.97 Å². The first-order chi connectivity index (χ1) is 7.12. The highest BCUT2D eigenvalue weighted by Gasteiger charge is 2.48. The molecule has 1 aromatic rings. The van der Waals surface area contributed by atoms with Crippen LogP contribution >= 0.6 is 0 Å². The molecule has 0 atom stereocenters. The Bertz CT molecular complexity index is 343. The Hall–Kier alpha value is -1.43. The molecule has 0 radical (unpaired) electrons. The van der Waals surface area contributed by atoms with Crippen LogP contribution in [0.4, 0.5) is 0 Å². The van der Waals surface area contributed by atoms with Crippen molar-refractivity contribution >= 4 is 5.97 Å². The third kappa shape index (κ3) is 1.85. The lowest BCUT2D eigenvalue weighted by Gasteiger charge is -2.42. The van der Waals surface area contributed by atoms with Gasteiger partial charge in [0.2, 0.25) is 0 Å². The lowest BCUT2D eigenvalue weighted by atomic mass is 9.64. The minimum atomic E-state index is -0.746. The number of nitrogens with zero attached hydrogens (tertiary/aromatic N) is 3. The second-order valence-corrected chi connectivity index (χ2v) is 4.16. The molecule has 0 saturated heterocycles. The molecule has 1 fully saturated rings. The van der Waals surface area contributed by atoms with E-state index in [9.17, 15) is 4.79 Å². The quantitative estimate of drug-likeness (QED) is 0.721. The highest BCUT2D eigenvalue weighted by molar-refractivity contribution is 5.76. The SMILES string of the molecule is NC1CC(CCn2cncn2)(C(=O)O)C1. The summed E-state index contributed by atoms with van der Waals surface area (Å²) < 4.78 is 1.65. The van der Waals surface area contributed by atoms with Gasteiger partial charge in [0.1, 0.15) is 12.7 Å². The van der Waals surface area contributed by atoms with Gasteiger partial charge in [-0.2, -0.15) is 5.10 Å². The van der Waals surface area contributed by atoms with Crippen molar-refractivity contribution in [3.63, 3.8) is 0 Å². The predicted octanol–water partition coefficient (Wildman–Crippen LogP) is -0.140. The third-order valence-corrected chi connectivity index (χ3v) is 3.05. The van der Waals surface area contributed by atoms with Crippen molar-refractivity contribution < 1.29 is 9.90 Å². The van der Waals surface area contributed by atoms with E-state index in [1.807, 2.05) is 0 Å². The highest BCUT2D eigenvalue weighted by Crippen LogP contribution is 2.43. The second kappa shape index (κ2) is 3.62. The predicted molar refractivity (Wildman–Crippen MR) is 51.9 cm³/mol. The molecule has 1 aliphatic carbocycles. The number of aromatic nitrogens is 3. The number of rotatable bonds is 4. The Labute approximate surface area is 87.1 Å². The van der Waals surface area contributed by atoms with E-state index in [0.717, 1.165) is 0 Å². The molecule has 0 bridgehead atoms. The van der Waals surface area contributed by atoms with Crippen LogP contribution in [-0.4, -0.2) is 31.9 Å². The van der Waals surface area contributed by atoms with Gasteiger partial charge in [-0.05, 0) is 19.3 Å². The number of carbonyl (C=O) groups is 1. The van der Waals surface area contributed by atoms with Crippen molar-refractivity contribution in [3.05, 3.63) is 12.7 Å². The van der Waals surface area contributed by atoms with E-state index in [1.165, 1.54) is 6.33 Å². The molecule has 1 saturated carbocycles. The summed E-state index contributed by atoms with van der Waals surface area (Å²) in [5.41, 5.74) is 5.01. The fourth-order valence-corrected chi connectivity index (χ4v) is 2.11. The molecular weight excluding hydrogens is 196 g/mol. The topological polar surface area (TPSA) is 94.0 Å². The molecule has 0 aliphatic heterocycles. The molecule has 0 aromatic carbocycles. The van der Waals surface area contributed by atoms with Gasteiger partial charge in [-0.25, -0.2) is 4.98 Å². The first-order valence-electron chi connectivity index (χ1n) is 4.94. The van der Waals surface area contributed by atoms with Crippen LogP contribution in [0.3, 0.4) is 0 Å². The molecule has 1 aliphatic rings. The minimum absolute atomic E-state index is 0.0387. The zero-order valence-corrected chi connectivity index (χ0v) is 8.33. The molecule has 6 heteroatoms. The molecule has 0 amide bonds. The summed E-state index contributed by atoms with van der Waals surface area (Å²) in [6, 6.07) is 0.0387. The van der Waals surface area contributed by atoms with Crippen LogP contribution in [0.5, 0.6) is 0 Å². The summed E-state index contributed by atoms with van der Waals surface area (Å²) in [6.45, 7) is 0.582. The summed E-state index contributed by atoms with van der Waals surface area (Å²) in [5.74, 6) is -0.746. The van der Waals surface area contributed by atoms with Crippen molar-refractivity contribution in [2.24, 2.45) is 11.1 Å².